The van der Waals surface area contributed by atoms with Crippen LogP contribution in [0.2, 0.25) is 0 Å². The third-order valence-electron chi connectivity index (χ3n) is 5.06. The highest BCUT2D eigenvalue weighted by molar-refractivity contribution is 6.06. The van der Waals surface area contributed by atoms with Crippen molar-refractivity contribution in [3.05, 3.63) is 54.3 Å². The van der Waals surface area contributed by atoms with Crippen LogP contribution < -0.4 is 10.2 Å². The molecule has 29 heavy (non-hydrogen) atoms. The lowest BCUT2D eigenvalue weighted by Gasteiger charge is -2.34. The van der Waals surface area contributed by atoms with E-state index in [2.05, 4.69) is 25.3 Å². The number of fused-ring (bicyclic) bond motifs is 1. The predicted octanol–water partition coefficient (Wildman–Crippen LogP) is 3.39. The Labute approximate surface area is 167 Å². The third kappa shape index (κ3) is 3.22. The summed E-state index contributed by atoms with van der Waals surface area (Å²) in [4.78, 5) is 23.6. The minimum atomic E-state index is -0.309. The average Bonchev–Trinajstić information content (AvgIpc) is 3.26. The smallest absolute Gasteiger partial charge is 0.277 e. The van der Waals surface area contributed by atoms with Crippen molar-refractivity contribution in [3.8, 4) is 11.5 Å². The van der Waals surface area contributed by atoms with Crippen LogP contribution >= 0.6 is 0 Å². The Morgan fingerprint density at radius 2 is 2.10 bits per heavy atom. The Bertz CT molecular complexity index is 1220. The minimum absolute atomic E-state index is 0.232. The van der Waals surface area contributed by atoms with Crippen LogP contribution in [0.1, 0.15) is 22.6 Å². The predicted molar refractivity (Wildman–Crippen MR) is 110 cm³/mol. The number of nitrogens with one attached hydrogen (secondary N) is 1. The van der Waals surface area contributed by atoms with Gasteiger partial charge in [0.25, 0.3) is 5.91 Å². The zero-order valence-corrected chi connectivity index (χ0v) is 16.2. The van der Waals surface area contributed by atoms with E-state index in [-0.39, 0.29) is 11.6 Å². The number of anilines is 2. The highest BCUT2D eigenvalue weighted by Gasteiger charge is 2.22. The zero-order valence-electron chi connectivity index (χ0n) is 16.2. The molecule has 0 atom stereocenters. The number of rotatable bonds is 4. The van der Waals surface area contributed by atoms with Crippen molar-refractivity contribution >= 4 is 28.2 Å². The lowest BCUT2D eigenvalue weighted by atomic mass is 10.1. The van der Waals surface area contributed by atoms with Gasteiger partial charge in [-0.2, -0.15) is 5.10 Å². The fraction of sp³-hybridized carbons (Fsp3) is 0.238. The van der Waals surface area contributed by atoms with Gasteiger partial charge in [-0.3, -0.25) is 14.5 Å². The maximum Gasteiger partial charge on any atom is 0.277 e. The van der Waals surface area contributed by atoms with Crippen molar-refractivity contribution in [2.45, 2.75) is 13.3 Å². The number of aryl methyl sites for hydroxylation is 2. The van der Waals surface area contributed by atoms with E-state index in [9.17, 15) is 4.79 Å². The van der Waals surface area contributed by atoms with Crippen LogP contribution in [-0.4, -0.2) is 38.7 Å². The molecular weight excluding hydrogens is 368 g/mol. The number of oxazole rings is 1. The molecule has 1 N–H and O–H groups in total. The molecule has 1 amide bonds. The number of hydrogen-bond donors (Lipinski definition) is 1. The molecule has 8 nitrogen and oxygen atoms in total. The SMILES string of the molecule is Cc1cc(-c2nc(C(=O)Nc3cc4cn(C)nc4cc3N3CCC3)co2)ccn1. The van der Waals surface area contributed by atoms with Crippen molar-refractivity contribution in [1.29, 1.82) is 0 Å². The Balaban J connectivity index is 1.45. The number of amides is 1. The number of carbonyl (C=O) groups excluding carboxylic acids is 1. The summed E-state index contributed by atoms with van der Waals surface area (Å²) in [6.45, 7) is 3.83. The molecule has 4 aromatic rings. The Morgan fingerprint density at radius 3 is 2.86 bits per heavy atom. The van der Waals surface area contributed by atoms with Gasteiger partial charge in [0.15, 0.2) is 5.69 Å². The fourth-order valence-electron chi connectivity index (χ4n) is 3.48. The van der Waals surface area contributed by atoms with E-state index < -0.39 is 0 Å². The quantitative estimate of drug-likeness (QED) is 0.576. The van der Waals surface area contributed by atoms with Crippen molar-refractivity contribution in [3.63, 3.8) is 0 Å². The number of carbonyl (C=O) groups is 1. The molecular formula is C21H20N6O2. The highest BCUT2D eigenvalue weighted by Crippen LogP contribution is 2.34. The molecule has 1 aliphatic heterocycles. The van der Waals surface area contributed by atoms with Gasteiger partial charge in [-0.05, 0) is 37.6 Å². The van der Waals surface area contributed by atoms with E-state index in [1.807, 2.05) is 38.4 Å². The summed E-state index contributed by atoms with van der Waals surface area (Å²) in [6.07, 6.45) is 6.15. The van der Waals surface area contributed by atoms with E-state index in [1.54, 1.807) is 16.9 Å². The van der Waals surface area contributed by atoms with Crippen LogP contribution in [0.4, 0.5) is 11.4 Å². The van der Waals surface area contributed by atoms with Crippen molar-refractivity contribution in [1.82, 2.24) is 19.7 Å². The minimum Gasteiger partial charge on any atom is -0.444 e. The second-order valence-corrected chi connectivity index (χ2v) is 7.25. The van der Waals surface area contributed by atoms with Gasteiger partial charge in [0, 0.05) is 49.2 Å². The third-order valence-corrected chi connectivity index (χ3v) is 5.06. The second-order valence-electron chi connectivity index (χ2n) is 7.25. The Morgan fingerprint density at radius 1 is 1.24 bits per heavy atom. The average molecular weight is 388 g/mol. The summed E-state index contributed by atoms with van der Waals surface area (Å²) in [7, 11) is 1.89. The van der Waals surface area contributed by atoms with Crippen molar-refractivity contribution in [2.24, 2.45) is 7.05 Å². The molecule has 1 aromatic carbocycles. The number of hydrogen-bond acceptors (Lipinski definition) is 6. The van der Waals surface area contributed by atoms with Crippen LogP contribution in [0.3, 0.4) is 0 Å². The monoisotopic (exact) mass is 388 g/mol. The van der Waals surface area contributed by atoms with Crippen molar-refractivity contribution in [2.75, 3.05) is 23.3 Å². The molecule has 1 saturated heterocycles. The molecule has 146 valence electrons. The van der Waals surface area contributed by atoms with Crippen LogP contribution in [0.15, 0.2) is 47.3 Å². The van der Waals surface area contributed by atoms with Gasteiger partial charge in [-0.25, -0.2) is 4.98 Å². The topological polar surface area (TPSA) is 89.1 Å². The molecule has 3 aromatic heterocycles. The standard InChI is InChI=1S/C21H20N6O2/c1-13-8-14(4-5-22-13)21-24-18(12-29-21)20(28)23-17-9-15-11-26(2)25-16(15)10-19(17)27-6-3-7-27/h4-5,8-12H,3,6-7H2,1-2H3,(H,23,28). The van der Waals surface area contributed by atoms with Gasteiger partial charge in [-0.15, -0.1) is 0 Å². The van der Waals surface area contributed by atoms with E-state index >= 15 is 0 Å². The number of benzene rings is 1. The lowest BCUT2D eigenvalue weighted by Crippen LogP contribution is -2.37. The summed E-state index contributed by atoms with van der Waals surface area (Å²) < 4.78 is 7.30. The molecule has 1 fully saturated rings. The van der Waals surface area contributed by atoms with E-state index in [0.29, 0.717) is 5.89 Å². The Kier molecular flexibility index (Phi) is 4.04. The molecule has 5 rings (SSSR count). The van der Waals surface area contributed by atoms with Gasteiger partial charge in [0.1, 0.15) is 6.26 Å². The first-order valence-corrected chi connectivity index (χ1v) is 9.49. The first-order valence-electron chi connectivity index (χ1n) is 9.49. The second kappa shape index (κ2) is 6.73. The van der Waals surface area contributed by atoms with Gasteiger partial charge in [-0.1, -0.05) is 0 Å². The van der Waals surface area contributed by atoms with Crippen molar-refractivity contribution < 1.29 is 9.21 Å². The summed E-state index contributed by atoms with van der Waals surface area (Å²) in [5.41, 5.74) is 4.51. The maximum absolute atomic E-state index is 12.9. The van der Waals surface area contributed by atoms with Gasteiger partial charge < -0.3 is 14.6 Å². The van der Waals surface area contributed by atoms with Gasteiger partial charge >= 0.3 is 0 Å². The van der Waals surface area contributed by atoms with Gasteiger partial charge in [0.05, 0.1) is 16.9 Å². The van der Waals surface area contributed by atoms with E-state index in [1.165, 1.54) is 6.26 Å². The molecule has 0 bridgehead atoms. The molecule has 8 heteroatoms. The van der Waals surface area contributed by atoms with Crippen LogP contribution in [-0.2, 0) is 7.05 Å². The maximum atomic E-state index is 12.9. The first kappa shape index (κ1) is 17.4. The first-order chi connectivity index (χ1) is 14.1. The van der Waals surface area contributed by atoms with Gasteiger partial charge in [0.2, 0.25) is 5.89 Å². The molecule has 0 spiro atoms. The number of nitrogens with zero attached hydrogens (tertiary/aromatic N) is 5. The van der Waals surface area contributed by atoms with Crippen LogP contribution in [0.5, 0.6) is 0 Å². The fourth-order valence-corrected chi connectivity index (χ4v) is 3.48. The molecule has 0 aliphatic carbocycles. The number of aromatic nitrogens is 4. The van der Waals surface area contributed by atoms with Crippen LogP contribution in [0, 0.1) is 6.92 Å². The summed E-state index contributed by atoms with van der Waals surface area (Å²) in [6, 6.07) is 7.66. The lowest BCUT2D eigenvalue weighted by molar-refractivity contribution is 0.102. The zero-order chi connectivity index (χ0) is 20.0. The summed E-state index contributed by atoms with van der Waals surface area (Å²) in [5, 5.41) is 8.46. The number of pyridine rings is 1. The van der Waals surface area contributed by atoms with E-state index in [0.717, 1.165) is 53.0 Å². The molecule has 0 saturated carbocycles. The normalized spacial score (nSPS) is 13.5. The summed E-state index contributed by atoms with van der Waals surface area (Å²) >= 11 is 0. The molecule has 1 aliphatic rings. The Hall–Kier alpha value is -3.68. The molecule has 4 heterocycles. The van der Waals surface area contributed by atoms with E-state index in [4.69, 9.17) is 4.42 Å². The highest BCUT2D eigenvalue weighted by atomic mass is 16.3. The molecule has 0 radical (unpaired) electrons. The summed E-state index contributed by atoms with van der Waals surface area (Å²) in [5.74, 6) is 0.0853. The largest absolute Gasteiger partial charge is 0.444 e. The molecule has 0 unspecified atom stereocenters. The van der Waals surface area contributed by atoms with Crippen LogP contribution in [0.25, 0.3) is 22.4 Å².